The fraction of sp³-hybridized carbons (Fsp3) is 0.188. The van der Waals surface area contributed by atoms with Gasteiger partial charge in [-0.2, -0.15) is 0 Å². The maximum Gasteiger partial charge on any atom is 0.410 e. The largest absolute Gasteiger partial charge is 0.445 e. The summed E-state index contributed by atoms with van der Waals surface area (Å²) in [5.74, 6) is 0. The van der Waals surface area contributed by atoms with Crippen molar-refractivity contribution >= 4 is 11.8 Å². The second-order valence-electron chi connectivity index (χ2n) is 4.78. The summed E-state index contributed by atoms with van der Waals surface area (Å²) >= 11 is 0. The van der Waals surface area contributed by atoms with Crippen molar-refractivity contribution in [1.82, 2.24) is 4.90 Å². The number of benzene rings is 2. The lowest BCUT2D eigenvalue weighted by atomic mass is 10.2. The van der Waals surface area contributed by atoms with Crippen molar-refractivity contribution in [3.05, 3.63) is 75.8 Å². The Balaban J connectivity index is 1.96. The maximum atomic E-state index is 11.9. The van der Waals surface area contributed by atoms with Crippen LogP contribution in [0.4, 0.5) is 10.5 Å². The number of nitrogens with zero attached hydrogens (tertiary/aromatic N) is 2. The van der Waals surface area contributed by atoms with E-state index < -0.39 is 11.0 Å². The number of amides is 1. The summed E-state index contributed by atoms with van der Waals surface area (Å²) in [6.45, 7) is 0.283. The van der Waals surface area contributed by atoms with Crippen LogP contribution in [-0.4, -0.2) is 23.0 Å². The van der Waals surface area contributed by atoms with E-state index in [9.17, 15) is 14.9 Å². The van der Waals surface area contributed by atoms with Gasteiger partial charge in [0.1, 0.15) is 6.61 Å². The zero-order valence-electron chi connectivity index (χ0n) is 12.1. The van der Waals surface area contributed by atoms with Crippen LogP contribution in [0.25, 0.3) is 0 Å². The summed E-state index contributed by atoms with van der Waals surface area (Å²) in [5, 5.41) is 11.0. The highest BCUT2D eigenvalue weighted by Gasteiger charge is 2.17. The fourth-order valence-electron chi connectivity index (χ4n) is 1.97. The lowest BCUT2D eigenvalue weighted by Gasteiger charge is -2.17. The van der Waals surface area contributed by atoms with Crippen LogP contribution in [-0.2, 0) is 17.9 Å². The van der Waals surface area contributed by atoms with Gasteiger partial charge in [0.2, 0.25) is 0 Å². The Morgan fingerprint density at radius 1 is 1.14 bits per heavy atom. The predicted octanol–water partition coefficient (Wildman–Crippen LogP) is 3.36. The Morgan fingerprint density at radius 2 is 1.77 bits per heavy atom. The number of ether oxygens (including phenoxy) is 1. The van der Waals surface area contributed by atoms with Crippen LogP contribution in [0.15, 0.2) is 54.6 Å². The van der Waals surface area contributed by atoms with Crippen LogP contribution < -0.4 is 0 Å². The maximum absolute atomic E-state index is 11.9. The fourth-order valence-corrected chi connectivity index (χ4v) is 1.97. The molecule has 6 nitrogen and oxygen atoms in total. The Bertz CT molecular complexity index is 658. The van der Waals surface area contributed by atoms with Crippen molar-refractivity contribution in [2.75, 3.05) is 7.05 Å². The number of nitro benzene ring substituents is 1. The van der Waals surface area contributed by atoms with E-state index in [4.69, 9.17) is 4.74 Å². The minimum atomic E-state index is -0.526. The van der Waals surface area contributed by atoms with Crippen molar-refractivity contribution in [3.63, 3.8) is 0 Å². The van der Waals surface area contributed by atoms with Gasteiger partial charge in [-0.25, -0.2) is 4.79 Å². The topological polar surface area (TPSA) is 72.7 Å². The van der Waals surface area contributed by atoms with E-state index in [1.54, 1.807) is 25.2 Å². The van der Waals surface area contributed by atoms with E-state index in [2.05, 4.69) is 0 Å². The van der Waals surface area contributed by atoms with Gasteiger partial charge in [-0.3, -0.25) is 10.1 Å². The van der Waals surface area contributed by atoms with Gasteiger partial charge < -0.3 is 9.64 Å². The van der Waals surface area contributed by atoms with E-state index in [-0.39, 0.29) is 18.8 Å². The molecule has 0 atom stereocenters. The molecule has 1 amide bonds. The number of nitro groups is 1. The first kappa shape index (κ1) is 15.5. The zero-order valence-corrected chi connectivity index (χ0v) is 12.1. The van der Waals surface area contributed by atoms with Gasteiger partial charge in [0.05, 0.1) is 11.5 Å². The van der Waals surface area contributed by atoms with Gasteiger partial charge in [0, 0.05) is 18.7 Å². The molecule has 0 N–H and O–H groups in total. The van der Waals surface area contributed by atoms with Crippen LogP contribution in [0.5, 0.6) is 0 Å². The third-order valence-electron chi connectivity index (χ3n) is 3.11. The third kappa shape index (κ3) is 4.05. The van der Waals surface area contributed by atoms with Crippen LogP contribution in [0.1, 0.15) is 11.1 Å². The molecular formula is C16H16N2O4. The molecule has 0 saturated heterocycles. The normalized spacial score (nSPS) is 10.0. The minimum absolute atomic E-state index is 0.00907. The van der Waals surface area contributed by atoms with Crippen LogP contribution in [0.3, 0.4) is 0 Å². The highest BCUT2D eigenvalue weighted by Crippen LogP contribution is 2.19. The molecule has 2 aromatic rings. The molecule has 0 radical (unpaired) electrons. The first-order valence-corrected chi connectivity index (χ1v) is 6.72. The number of carbonyl (C=O) groups is 1. The Morgan fingerprint density at radius 3 is 2.45 bits per heavy atom. The Kier molecular flexibility index (Phi) is 5.08. The van der Waals surface area contributed by atoms with Gasteiger partial charge in [-0.1, -0.05) is 48.5 Å². The van der Waals surface area contributed by atoms with Gasteiger partial charge in [-0.15, -0.1) is 0 Å². The molecular weight excluding hydrogens is 284 g/mol. The molecule has 0 aliphatic heterocycles. The van der Waals surface area contributed by atoms with E-state index in [1.807, 2.05) is 30.3 Å². The highest BCUT2D eigenvalue weighted by molar-refractivity contribution is 5.67. The van der Waals surface area contributed by atoms with Gasteiger partial charge in [0.25, 0.3) is 5.69 Å². The summed E-state index contributed by atoms with van der Waals surface area (Å²) in [6, 6.07) is 15.6. The van der Waals surface area contributed by atoms with Crippen LogP contribution in [0.2, 0.25) is 0 Å². The third-order valence-corrected chi connectivity index (χ3v) is 3.11. The van der Waals surface area contributed by atoms with Crippen molar-refractivity contribution < 1.29 is 14.5 Å². The number of para-hydroxylation sites is 1. The zero-order chi connectivity index (χ0) is 15.9. The summed E-state index contributed by atoms with van der Waals surface area (Å²) in [5.41, 5.74) is 1.34. The molecule has 0 unspecified atom stereocenters. The molecule has 0 bridgehead atoms. The van der Waals surface area contributed by atoms with E-state index >= 15 is 0 Å². The summed E-state index contributed by atoms with van der Waals surface area (Å²) < 4.78 is 5.18. The first-order valence-electron chi connectivity index (χ1n) is 6.72. The van der Waals surface area contributed by atoms with E-state index in [0.29, 0.717) is 5.56 Å². The second-order valence-corrected chi connectivity index (χ2v) is 4.78. The van der Waals surface area contributed by atoms with Crippen LogP contribution in [0, 0.1) is 10.1 Å². The SMILES string of the molecule is CN(Cc1ccccc1[N+](=O)[O-])C(=O)OCc1ccccc1. The molecule has 0 fully saturated rings. The highest BCUT2D eigenvalue weighted by atomic mass is 16.6. The summed E-state index contributed by atoms with van der Waals surface area (Å²) in [7, 11) is 1.55. The Hall–Kier alpha value is -2.89. The van der Waals surface area contributed by atoms with Crippen molar-refractivity contribution in [1.29, 1.82) is 0 Å². The molecule has 0 aliphatic carbocycles. The molecule has 0 aromatic heterocycles. The van der Waals surface area contributed by atoms with Gasteiger partial charge in [0.15, 0.2) is 0 Å². The minimum Gasteiger partial charge on any atom is -0.445 e. The molecule has 22 heavy (non-hydrogen) atoms. The lowest BCUT2D eigenvalue weighted by Crippen LogP contribution is -2.27. The average molecular weight is 300 g/mol. The van der Waals surface area contributed by atoms with E-state index in [1.165, 1.54) is 11.0 Å². The smallest absolute Gasteiger partial charge is 0.410 e. The molecule has 6 heteroatoms. The lowest BCUT2D eigenvalue weighted by molar-refractivity contribution is -0.385. The summed E-state index contributed by atoms with van der Waals surface area (Å²) in [4.78, 5) is 23.7. The quantitative estimate of drug-likeness (QED) is 0.627. The first-order chi connectivity index (χ1) is 10.6. The molecule has 0 aliphatic rings. The molecule has 114 valence electrons. The monoisotopic (exact) mass is 300 g/mol. The van der Waals surface area contributed by atoms with Crippen molar-refractivity contribution in [2.24, 2.45) is 0 Å². The molecule has 2 rings (SSSR count). The standard InChI is InChI=1S/C16H16N2O4/c1-17(11-14-9-5-6-10-15(14)18(20)21)16(19)22-12-13-7-3-2-4-8-13/h2-10H,11-12H2,1H3. The molecule has 0 saturated carbocycles. The number of hydrogen-bond donors (Lipinski definition) is 0. The van der Waals surface area contributed by atoms with E-state index in [0.717, 1.165) is 5.56 Å². The van der Waals surface area contributed by atoms with Crippen molar-refractivity contribution in [2.45, 2.75) is 13.2 Å². The van der Waals surface area contributed by atoms with Gasteiger partial charge in [-0.05, 0) is 5.56 Å². The van der Waals surface area contributed by atoms with Gasteiger partial charge >= 0.3 is 6.09 Å². The molecule has 0 spiro atoms. The average Bonchev–Trinajstić information content (AvgIpc) is 2.53. The molecule has 0 heterocycles. The molecule has 2 aromatic carbocycles. The second kappa shape index (κ2) is 7.21. The summed E-state index contributed by atoms with van der Waals surface area (Å²) in [6.07, 6.45) is -0.526. The number of carbonyl (C=O) groups excluding carboxylic acids is 1. The Labute approximate surface area is 128 Å². The number of rotatable bonds is 5. The predicted molar refractivity (Wildman–Crippen MR) is 81.2 cm³/mol. The number of hydrogen-bond acceptors (Lipinski definition) is 4. The van der Waals surface area contributed by atoms with Crippen LogP contribution >= 0.6 is 0 Å². The van der Waals surface area contributed by atoms with Crippen molar-refractivity contribution in [3.8, 4) is 0 Å².